The van der Waals surface area contributed by atoms with E-state index in [2.05, 4.69) is 5.16 Å². The van der Waals surface area contributed by atoms with Gasteiger partial charge in [0.25, 0.3) is 0 Å². The van der Waals surface area contributed by atoms with E-state index in [9.17, 15) is 0 Å². The molecule has 0 spiro atoms. The van der Waals surface area contributed by atoms with Gasteiger partial charge in [-0.3, -0.25) is 0 Å². The van der Waals surface area contributed by atoms with Gasteiger partial charge in [0.2, 0.25) is 0 Å². The van der Waals surface area contributed by atoms with Gasteiger partial charge in [-0.05, 0) is 24.5 Å². The zero-order valence-corrected chi connectivity index (χ0v) is 9.12. The summed E-state index contributed by atoms with van der Waals surface area (Å²) in [5.74, 6) is 0.00265. The van der Waals surface area contributed by atoms with Gasteiger partial charge in [-0.25, -0.2) is 0 Å². The van der Waals surface area contributed by atoms with E-state index in [0.29, 0.717) is 0 Å². The van der Waals surface area contributed by atoms with Crippen LogP contribution in [-0.4, -0.2) is 10.4 Å². The molecule has 0 heterocycles. The molecule has 1 N–H and O–H groups in total. The van der Waals surface area contributed by atoms with Crippen LogP contribution in [0.4, 0.5) is 0 Å². The van der Waals surface area contributed by atoms with Crippen LogP contribution < -0.4 is 0 Å². The lowest BCUT2D eigenvalue weighted by atomic mass is 9.93. The van der Waals surface area contributed by atoms with Crippen LogP contribution in [0, 0.1) is 6.92 Å². The van der Waals surface area contributed by atoms with Gasteiger partial charge >= 0.3 is 0 Å². The second-order valence-electron chi connectivity index (χ2n) is 3.24. The first kappa shape index (κ1) is 11.1. The first-order valence-electron chi connectivity index (χ1n) is 4.63. The van der Waals surface area contributed by atoms with E-state index in [0.717, 1.165) is 12.0 Å². The van der Waals surface area contributed by atoms with Gasteiger partial charge in [-0.2, -0.15) is 0 Å². The lowest BCUT2D eigenvalue weighted by Gasteiger charge is -2.14. The zero-order valence-electron chi connectivity index (χ0n) is 8.37. The molecule has 76 valence electrons. The van der Waals surface area contributed by atoms with Crippen LogP contribution in [0.5, 0.6) is 0 Å². The average molecular weight is 212 g/mol. The number of benzene rings is 1. The molecule has 0 saturated heterocycles. The number of oxime groups is 1. The van der Waals surface area contributed by atoms with Crippen molar-refractivity contribution in [1.82, 2.24) is 0 Å². The smallest absolute Gasteiger partial charge is 0.152 e. The summed E-state index contributed by atoms with van der Waals surface area (Å²) < 4.78 is 0. The van der Waals surface area contributed by atoms with Crippen molar-refractivity contribution in [3.05, 3.63) is 35.4 Å². The van der Waals surface area contributed by atoms with Crippen molar-refractivity contribution in [3.8, 4) is 0 Å². The normalized spacial score (nSPS) is 14.1. The van der Waals surface area contributed by atoms with Crippen LogP contribution in [0.3, 0.4) is 0 Å². The van der Waals surface area contributed by atoms with E-state index >= 15 is 0 Å². The highest BCUT2D eigenvalue weighted by Gasteiger charge is 2.16. The van der Waals surface area contributed by atoms with Crippen LogP contribution >= 0.6 is 11.6 Å². The van der Waals surface area contributed by atoms with E-state index in [1.807, 2.05) is 38.1 Å². The molecule has 0 bridgehead atoms. The fourth-order valence-corrected chi connectivity index (χ4v) is 1.84. The topological polar surface area (TPSA) is 32.6 Å². The number of hydrogen-bond donors (Lipinski definition) is 1. The molecule has 1 aromatic rings. The number of nitrogens with zero attached hydrogens (tertiary/aromatic N) is 1. The zero-order chi connectivity index (χ0) is 10.6. The summed E-state index contributed by atoms with van der Waals surface area (Å²) in [6.07, 6.45) is 0.827. The Balaban J connectivity index is 3.07. The van der Waals surface area contributed by atoms with Crippen molar-refractivity contribution < 1.29 is 5.21 Å². The van der Waals surface area contributed by atoms with Gasteiger partial charge in [0.1, 0.15) is 0 Å². The van der Waals surface area contributed by atoms with Crippen LogP contribution in [-0.2, 0) is 0 Å². The Morgan fingerprint density at radius 2 is 2.14 bits per heavy atom. The summed E-state index contributed by atoms with van der Waals surface area (Å²) >= 11 is 5.84. The third kappa shape index (κ3) is 2.26. The quantitative estimate of drug-likeness (QED) is 0.463. The average Bonchev–Trinajstić information content (AvgIpc) is 2.21. The molecule has 0 aliphatic heterocycles. The Bertz CT molecular complexity index is 336. The van der Waals surface area contributed by atoms with Crippen molar-refractivity contribution >= 4 is 16.8 Å². The van der Waals surface area contributed by atoms with Crippen molar-refractivity contribution in [2.75, 3.05) is 0 Å². The summed E-state index contributed by atoms with van der Waals surface area (Å²) in [6.45, 7) is 4.05. The van der Waals surface area contributed by atoms with Crippen LogP contribution in [0.25, 0.3) is 0 Å². The monoisotopic (exact) mass is 211 g/mol. The Morgan fingerprint density at radius 1 is 1.50 bits per heavy atom. The van der Waals surface area contributed by atoms with Crippen molar-refractivity contribution in [1.29, 1.82) is 0 Å². The highest BCUT2D eigenvalue weighted by atomic mass is 35.5. The maximum Gasteiger partial charge on any atom is 0.152 e. The van der Waals surface area contributed by atoms with E-state index in [1.54, 1.807) is 0 Å². The predicted molar refractivity (Wildman–Crippen MR) is 59.3 cm³/mol. The predicted octanol–water partition coefficient (Wildman–Crippen LogP) is 3.52. The Hall–Kier alpha value is -1.02. The van der Waals surface area contributed by atoms with Gasteiger partial charge < -0.3 is 5.21 Å². The summed E-state index contributed by atoms with van der Waals surface area (Å²) in [5.41, 5.74) is 2.29. The van der Waals surface area contributed by atoms with Gasteiger partial charge in [-0.1, -0.05) is 47.9 Å². The lowest BCUT2D eigenvalue weighted by Crippen LogP contribution is -2.07. The number of rotatable bonds is 3. The van der Waals surface area contributed by atoms with Crippen LogP contribution in [0.1, 0.15) is 30.4 Å². The highest BCUT2D eigenvalue weighted by Crippen LogP contribution is 2.25. The van der Waals surface area contributed by atoms with Crippen LogP contribution in [0.15, 0.2) is 29.4 Å². The van der Waals surface area contributed by atoms with Gasteiger partial charge in [0.05, 0.1) is 0 Å². The van der Waals surface area contributed by atoms with E-state index < -0.39 is 0 Å². The largest absolute Gasteiger partial charge is 0.410 e. The molecule has 1 aromatic carbocycles. The Labute approximate surface area is 89.2 Å². The molecule has 3 heteroatoms. The minimum atomic E-state index is 0.00265. The maximum absolute atomic E-state index is 8.64. The first-order chi connectivity index (χ1) is 6.70. The first-order valence-corrected chi connectivity index (χ1v) is 5.01. The minimum Gasteiger partial charge on any atom is -0.410 e. The van der Waals surface area contributed by atoms with Gasteiger partial charge in [0, 0.05) is 5.92 Å². The second kappa shape index (κ2) is 5.01. The van der Waals surface area contributed by atoms with E-state index in [4.69, 9.17) is 16.8 Å². The molecule has 0 aromatic heterocycles. The molecule has 0 amide bonds. The molecule has 1 atom stereocenters. The van der Waals surface area contributed by atoms with Gasteiger partial charge in [-0.15, -0.1) is 0 Å². The van der Waals surface area contributed by atoms with E-state index in [1.165, 1.54) is 5.56 Å². The summed E-state index contributed by atoms with van der Waals surface area (Å²) in [4.78, 5) is 0. The summed E-state index contributed by atoms with van der Waals surface area (Å²) in [6, 6.07) is 7.98. The molecule has 0 radical (unpaired) electrons. The third-order valence-corrected chi connectivity index (χ3v) is 2.69. The molecule has 2 nitrogen and oxygen atoms in total. The number of hydrogen-bond acceptors (Lipinski definition) is 2. The molecule has 14 heavy (non-hydrogen) atoms. The summed E-state index contributed by atoms with van der Waals surface area (Å²) in [5, 5.41) is 12.0. The third-order valence-electron chi connectivity index (χ3n) is 2.36. The molecule has 0 aliphatic carbocycles. The molecule has 1 unspecified atom stereocenters. The minimum absolute atomic E-state index is 0.00265. The second-order valence-corrected chi connectivity index (χ2v) is 3.63. The Morgan fingerprint density at radius 3 is 2.64 bits per heavy atom. The fourth-order valence-electron chi connectivity index (χ4n) is 1.56. The summed E-state index contributed by atoms with van der Waals surface area (Å²) in [7, 11) is 0. The van der Waals surface area contributed by atoms with Gasteiger partial charge in [0.15, 0.2) is 5.17 Å². The molecular formula is C11H14ClNO. The molecule has 0 aliphatic rings. The highest BCUT2D eigenvalue weighted by molar-refractivity contribution is 6.66. The Kier molecular flexibility index (Phi) is 3.96. The molecule has 1 rings (SSSR count). The molecule has 0 saturated carbocycles. The maximum atomic E-state index is 8.64. The lowest BCUT2D eigenvalue weighted by molar-refractivity contribution is 0.318. The SMILES string of the molecule is CCC(/C(Cl)=N/O)c1ccccc1C. The fraction of sp³-hybridized carbons (Fsp3) is 0.364. The van der Waals surface area contributed by atoms with Crippen molar-refractivity contribution in [2.24, 2.45) is 5.16 Å². The molecular weight excluding hydrogens is 198 g/mol. The van der Waals surface area contributed by atoms with Crippen molar-refractivity contribution in [3.63, 3.8) is 0 Å². The number of halogens is 1. The van der Waals surface area contributed by atoms with E-state index in [-0.39, 0.29) is 11.1 Å². The van der Waals surface area contributed by atoms with Crippen LogP contribution in [0.2, 0.25) is 0 Å². The number of aryl methyl sites for hydroxylation is 1. The standard InChI is InChI=1S/C11H14ClNO/c1-3-9(11(12)13-14)10-7-5-4-6-8(10)2/h4-7,9,14H,3H2,1-2H3/b13-11-. The van der Waals surface area contributed by atoms with Crippen molar-refractivity contribution in [2.45, 2.75) is 26.2 Å². The molecule has 0 fully saturated rings.